The van der Waals surface area contributed by atoms with Crippen molar-refractivity contribution in [2.75, 3.05) is 25.6 Å². The number of methoxy groups -OCH3 is 1. The van der Waals surface area contributed by atoms with Crippen molar-refractivity contribution in [1.29, 1.82) is 0 Å². The third kappa shape index (κ3) is 3.51. The Hall–Kier alpha value is -2.01. The van der Waals surface area contributed by atoms with Crippen LogP contribution in [-0.2, 0) is 6.54 Å². The van der Waals surface area contributed by atoms with Crippen molar-refractivity contribution < 1.29 is 9.15 Å². The van der Waals surface area contributed by atoms with E-state index in [1.807, 2.05) is 36.2 Å². The first kappa shape index (κ1) is 14.4. The molecule has 0 spiro atoms. The molecule has 108 valence electrons. The normalized spacial score (nSPS) is 10.6. The number of nitrogens with one attached hydrogen (secondary N) is 1. The van der Waals surface area contributed by atoms with Crippen LogP contribution in [0.3, 0.4) is 0 Å². The van der Waals surface area contributed by atoms with Gasteiger partial charge in [-0.25, -0.2) is 0 Å². The van der Waals surface area contributed by atoms with Gasteiger partial charge in [0.25, 0.3) is 0 Å². The fourth-order valence-electron chi connectivity index (χ4n) is 1.85. The monoisotopic (exact) mass is 275 g/mol. The Labute approximate surface area is 119 Å². The molecule has 0 amide bonds. The largest absolute Gasteiger partial charge is 0.497 e. The van der Waals surface area contributed by atoms with Crippen LogP contribution >= 0.6 is 0 Å². The van der Waals surface area contributed by atoms with Crippen LogP contribution in [0.5, 0.6) is 5.75 Å². The highest BCUT2D eigenvalue weighted by atomic mass is 16.5. The lowest BCUT2D eigenvalue weighted by Gasteiger charge is -2.15. The second kappa shape index (κ2) is 6.96. The lowest BCUT2D eigenvalue weighted by Crippen LogP contribution is -2.14. The quantitative estimate of drug-likeness (QED) is 0.787. The molecule has 0 saturated carbocycles. The van der Waals surface area contributed by atoms with Crippen molar-refractivity contribution in [3.8, 4) is 5.75 Å². The Morgan fingerprint density at radius 2 is 2.25 bits per heavy atom. The van der Waals surface area contributed by atoms with E-state index in [2.05, 4.69) is 17.2 Å². The Morgan fingerprint density at radius 3 is 3.00 bits per heavy atom. The van der Waals surface area contributed by atoms with Crippen molar-refractivity contribution in [2.45, 2.75) is 19.9 Å². The van der Waals surface area contributed by atoms with E-state index in [1.54, 1.807) is 13.4 Å². The first-order chi connectivity index (χ1) is 9.74. The summed E-state index contributed by atoms with van der Waals surface area (Å²) in [4.78, 5) is 6.36. The molecule has 1 aromatic heterocycles. The third-order valence-electron chi connectivity index (χ3n) is 3.00. The van der Waals surface area contributed by atoms with Gasteiger partial charge >= 0.3 is 6.01 Å². The minimum absolute atomic E-state index is 0.576. The van der Waals surface area contributed by atoms with Crippen molar-refractivity contribution >= 4 is 11.7 Å². The average molecular weight is 275 g/mol. The van der Waals surface area contributed by atoms with Gasteiger partial charge in [-0.1, -0.05) is 13.0 Å². The number of oxazole rings is 1. The summed E-state index contributed by atoms with van der Waals surface area (Å²) in [5.74, 6) is 0.811. The number of rotatable bonds is 7. The highest BCUT2D eigenvalue weighted by molar-refractivity contribution is 5.57. The number of nitrogens with zero attached hydrogens (tertiary/aromatic N) is 2. The van der Waals surface area contributed by atoms with Gasteiger partial charge in [0.2, 0.25) is 0 Å². The Morgan fingerprint density at radius 1 is 1.40 bits per heavy atom. The zero-order valence-electron chi connectivity index (χ0n) is 12.2. The van der Waals surface area contributed by atoms with Gasteiger partial charge in [0.05, 0.1) is 12.8 Å². The molecule has 2 rings (SSSR count). The fraction of sp³-hybridized carbons (Fsp3) is 0.400. The van der Waals surface area contributed by atoms with Gasteiger partial charge in [-0.2, -0.15) is 4.98 Å². The van der Waals surface area contributed by atoms with Gasteiger partial charge in [0.1, 0.15) is 12.0 Å². The zero-order valence-corrected chi connectivity index (χ0v) is 12.2. The molecular weight excluding hydrogens is 254 g/mol. The van der Waals surface area contributed by atoms with Crippen LogP contribution in [0.2, 0.25) is 0 Å². The fourth-order valence-corrected chi connectivity index (χ4v) is 1.85. The second-order valence-electron chi connectivity index (χ2n) is 4.56. The van der Waals surface area contributed by atoms with Gasteiger partial charge in [0.15, 0.2) is 0 Å². The summed E-state index contributed by atoms with van der Waals surface area (Å²) in [6.07, 6.45) is 2.79. The number of hydrogen-bond acceptors (Lipinski definition) is 5. The SMILES string of the molecule is CCCNCc1coc(N(C)c2cccc(OC)c2)n1. The summed E-state index contributed by atoms with van der Waals surface area (Å²) in [6.45, 7) is 3.84. The van der Waals surface area contributed by atoms with Crippen molar-refractivity contribution in [3.63, 3.8) is 0 Å². The Balaban J connectivity index is 2.06. The highest BCUT2D eigenvalue weighted by Crippen LogP contribution is 2.26. The Bertz CT molecular complexity index is 539. The van der Waals surface area contributed by atoms with E-state index in [9.17, 15) is 0 Å². The van der Waals surface area contributed by atoms with Gasteiger partial charge in [-0.05, 0) is 25.1 Å². The number of anilines is 2. The summed E-state index contributed by atoms with van der Waals surface area (Å²) >= 11 is 0. The zero-order chi connectivity index (χ0) is 14.4. The molecule has 1 heterocycles. The van der Waals surface area contributed by atoms with Crippen LogP contribution in [0, 0.1) is 0 Å². The van der Waals surface area contributed by atoms with Gasteiger partial charge in [0, 0.05) is 25.3 Å². The molecule has 0 radical (unpaired) electrons. The lowest BCUT2D eigenvalue weighted by atomic mass is 10.3. The van der Waals surface area contributed by atoms with Gasteiger partial charge in [-0.3, -0.25) is 4.90 Å². The summed E-state index contributed by atoms with van der Waals surface area (Å²) in [5.41, 5.74) is 1.88. The van der Waals surface area contributed by atoms with Crippen molar-refractivity contribution in [3.05, 3.63) is 36.2 Å². The maximum absolute atomic E-state index is 5.52. The maximum atomic E-state index is 5.52. The minimum Gasteiger partial charge on any atom is -0.497 e. The van der Waals surface area contributed by atoms with E-state index < -0.39 is 0 Å². The molecule has 0 aliphatic heterocycles. The molecule has 20 heavy (non-hydrogen) atoms. The van der Waals surface area contributed by atoms with Crippen molar-refractivity contribution in [1.82, 2.24) is 10.3 Å². The van der Waals surface area contributed by atoms with Crippen LogP contribution in [0.15, 0.2) is 34.9 Å². The molecule has 0 bridgehead atoms. The summed E-state index contributed by atoms with van der Waals surface area (Å²) in [7, 11) is 3.58. The molecular formula is C15H21N3O2. The van der Waals surface area contributed by atoms with E-state index >= 15 is 0 Å². The molecule has 1 N–H and O–H groups in total. The van der Waals surface area contributed by atoms with E-state index in [0.717, 1.165) is 36.6 Å². The molecule has 5 heteroatoms. The molecule has 0 fully saturated rings. The molecule has 0 atom stereocenters. The van der Waals surface area contributed by atoms with Crippen molar-refractivity contribution in [2.24, 2.45) is 0 Å². The highest BCUT2D eigenvalue weighted by Gasteiger charge is 2.11. The third-order valence-corrected chi connectivity index (χ3v) is 3.00. The topological polar surface area (TPSA) is 50.5 Å². The maximum Gasteiger partial charge on any atom is 0.301 e. The summed E-state index contributed by atoms with van der Waals surface area (Å²) < 4.78 is 10.7. The Kier molecular flexibility index (Phi) is 5.01. The number of aromatic nitrogens is 1. The number of ether oxygens (including phenoxy) is 1. The number of benzene rings is 1. The second-order valence-corrected chi connectivity index (χ2v) is 4.56. The molecule has 0 aliphatic carbocycles. The van der Waals surface area contributed by atoms with Gasteiger partial charge in [-0.15, -0.1) is 0 Å². The van der Waals surface area contributed by atoms with Gasteiger partial charge < -0.3 is 14.5 Å². The van der Waals surface area contributed by atoms with E-state index in [1.165, 1.54) is 0 Å². The van der Waals surface area contributed by atoms with E-state index in [4.69, 9.17) is 9.15 Å². The van der Waals surface area contributed by atoms with Crippen LogP contribution in [0.1, 0.15) is 19.0 Å². The summed E-state index contributed by atoms with van der Waals surface area (Å²) in [6, 6.07) is 8.36. The van der Waals surface area contributed by atoms with Crippen LogP contribution in [-0.4, -0.2) is 25.7 Å². The average Bonchev–Trinajstić information content (AvgIpc) is 2.95. The predicted octanol–water partition coefficient (Wildman–Crippen LogP) is 2.95. The first-order valence-corrected chi connectivity index (χ1v) is 6.77. The minimum atomic E-state index is 0.576. The molecule has 0 saturated heterocycles. The molecule has 1 aromatic carbocycles. The first-order valence-electron chi connectivity index (χ1n) is 6.77. The molecule has 0 aliphatic rings. The summed E-state index contributed by atoms with van der Waals surface area (Å²) in [5, 5.41) is 3.30. The standard InChI is InChI=1S/C15H21N3O2/c1-4-8-16-10-12-11-20-15(17-12)18(2)13-6-5-7-14(9-13)19-3/h5-7,9,11,16H,4,8,10H2,1-3H3. The molecule has 2 aromatic rings. The van der Waals surface area contributed by atoms with Crippen LogP contribution in [0.25, 0.3) is 0 Å². The van der Waals surface area contributed by atoms with Crippen LogP contribution in [0.4, 0.5) is 11.7 Å². The smallest absolute Gasteiger partial charge is 0.301 e. The number of hydrogen-bond donors (Lipinski definition) is 1. The lowest BCUT2D eigenvalue weighted by molar-refractivity contribution is 0.415. The predicted molar refractivity (Wildman–Crippen MR) is 79.6 cm³/mol. The van der Waals surface area contributed by atoms with Crippen LogP contribution < -0.4 is 15.0 Å². The molecule has 5 nitrogen and oxygen atoms in total. The van der Waals surface area contributed by atoms with E-state index in [-0.39, 0.29) is 0 Å². The van der Waals surface area contributed by atoms with E-state index in [0.29, 0.717) is 6.01 Å². The molecule has 0 unspecified atom stereocenters.